The number of aliphatic hydroxyl groups excluding tert-OH is 1. The van der Waals surface area contributed by atoms with Crippen LogP contribution in [0.15, 0.2) is 18.2 Å². The zero-order valence-electron chi connectivity index (χ0n) is 10.7. The Bertz CT molecular complexity index is 515. The predicted octanol–water partition coefficient (Wildman–Crippen LogP) is 1.50. The molecule has 0 radical (unpaired) electrons. The SMILES string of the molecule is CCc1ccc([N+](=O)[O-])cc1N1CC(CO)CC1=O. The standard InChI is InChI=1S/C13H16N2O4/c1-2-10-3-4-11(15(18)19)6-12(10)14-7-9(8-16)5-13(14)17/h3-4,6,9,16H,2,5,7-8H2,1H3. The summed E-state index contributed by atoms with van der Waals surface area (Å²) >= 11 is 0. The normalized spacial score (nSPS) is 18.9. The van der Waals surface area contributed by atoms with Crippen LogP contribution in [0, 0.1) is 16.0 Å². The molecule has 6 nitrogen and oxygen atoms in total. The molecule has 0 bridgehead atoms. The molecular formula is C13H16N2O4. The Morgan fingerprint density at radius 1 is 1.53 bits per heavy atom. The number of hydrogen-bond donors (Lipinski definition) is 1. The van der Waals surface area contributed by atoms with Crippen LogP contribution in [0.3, 0.4) is 0 Å². The predicted molar refractivity (Wildman–Crippen MR) is 70.0 cm³/mol. The first-order valence-corrected chi connectivity index (χ1v) is 6.25. The highest BCUT2D eigenvalue weighted by atomic mass is 16.6. The average Bonchev–Trinajstić information content (AvgIpc) is 2.79. The number of rotatable bonds is 4. The van der Waals surface area contributed by atoms with E-state index in [4.69, 9.17) is 5.11 Å². The van der Waals surface area contributed by atoms with Gasteiger partial charge in [0.1, 0.15) is 0 Å². The van der Waals surface area contributed by atoms with E-state index in [1.54, 1.807) is 11.0 Å². The summed E-state index contributed by atoms with van der Waals surface area (Å²) in [7, 11) is 0. The lowest BCUT2D eigenvalue weighted by Gasteiger charge is -2.19. The van der Waals surface area contributed by atoms with Crippen LogP contribution in [0.25, 0.3) is 0 Å². The Morgan fingerprint density at radius 3 is 2.79 bits per heavy atom. The number of amides is 1. The van der Waals surface area contributed by atoms with Crippen molar-refractivity contribution >= 4 is 17.3 Å². The molecule has 102 valence electrons. The molecule has 1 amide bonds. The van der Waals surface area contributed by atoms with Gasteiger partial charge in [-0.05, 0) is 12.0 Å². The van der Waals surface area contributed by atoms with Gasteiger partial charge in [-0.25, -0.2) is 0 Å². The molecule has 0 saturated carbocycles. The lowest BCUT2D eigenvalue weighted by atomic mass is 10.1. The molecule has 1 aromatic carbocycles. The second-order valence-corrected chi connectivity index (χ2v) is 4.68. The Balaban J connectivity index is 2.39. The van der Waals surface area contributed by atoms with E-state index in [1.807, 2.05) is 6.92 Å². The fourth-order valence-electron chi connectivity index (χ4n) is 2.35. The van der Waals surface area contributed by atoms with Gasteiger partial charge in [0.05, 0.1) is 10.6 Å². The molecule has 1 atom stereocenters. The van der Waals surface area contributed by atoms with Gasteiger partial charge in [0.2, 0.25) is 5.91 Å². The van der Waals surface area contributed by atoms with Gasteiger partial charge < -0.3 is 10.0 Å². The Morgan fingerprint density at radius 2 is 2.26 bits per heavy atom. The third-order valence-corrected chi connectivity index (χ3v) is 3.41. The van der Waals surface area contributed by atoms with E-state index >= 15 is 0 Å². The van der Waals surface area contributed by atoms with E-state index in [1.165, 1.54) is 12.1 Å². The molecule has 1 aromatic rings. The number of benzene rings is 1. The van der Waals surface area contributed by atoms with E-state index in [-0.39, 0.29) is 24.1 Å². The highest BCUT2D eigenvalue weighted by Crippen LogP contribution is 2.31. The smallest absolute Gasteiger partial charge is 0.271 e. The van der Waals surface area contributed by atoms with Crippen molar-refractivity contribution in [3.8, 4) is 0 Å². The van der Waals surface area contributed by atoms with Gasteiger partial charge in [0, 0.05) is 37.6 Å². The molecule has 1 fully saturated rings. The Labute approximate surface area is 110 Å². The number of carbonyl (C=O) groups is 1. The largest absolute Gasteiger partial charge is 0.396 e. The summed E-state index contributed by atoms with van der Waals surface area (Å²) in [5.41, 5.74) is 1.47. The quantitative estimate of drug-likeness (QED) is 0.659. The highest BCUT2D eigenvalue weighted by molar-refractivity contribution is 5.96. The van der Waals surface area contributed by atoms with Crippen LogP contribution in [-0.2, 0) is 11.2 Å². The number of non-ortho nitro benzene ring substituents is 1. The first kappa shape index (κ1) is 13.5. The van der Waals surface area contributed by atoms with Gasteiger partial charge in [-0.1, -0.05) is 13.0 Å². The number of nitro groups is 1. The minimum Gasteiger partial charge on any atom is -0.396 e. The van der Waals surface area contributed by atoms with E-state index < -0.39 is 4.92 Å². The van der Waals surface area contributed by atoms with Gasteiger partial charge in [-0.2, -0.15) is 0 Å². The van der Waals surface area contributed by atoms with Crippen LogP contribution in [-0.4, -0.2) is 29.1 Å². The summed E-state index contributed by atoms with van der Waals surface area (Å²) in [6, 6.07) is 4.58. The average molecular weight is 264 g/mol. The van der Waals surface area contributed by atoms with E-state index in [2.05, 4.69) is 0 Å². The fraction of sp³-hybridized carbons (Fsp3) is 0.462. The maximum absolute atomic E-state index is 11.9. The monoisotopic (exact) mass is 264 g/mol. The van der Waals surface area contributed by atoms with E-state index in [9.17, 15) is 14.9 Å². The lowest BCUT2D eigenvalue weighted by molar-refractivity contribution is -0.384. The van der Waals surface area contributed by atoms with Crippen molar-refractivity contribution < 1.29 is 14.8 Å². The minimum atomic E-state index is -0.465. The number of aliphatic hydroxyl groups is 1. The van der Waals surface area contributed by atoms with Crippen molar-refractivity contribution in [3.63, 3.8) is 0 Å². The molecule has 2 rings (SSSR count). The highest BCUT2D eigenvalue weighted by Gasteiger charge is 2.31. The Hall–Kier alpha value is -1.95. The number of nitro benzene ring substituents is 1. The van der Waals surface area contributed by atoms with Crippen LogP contribution in [0.5, 0.6) is 0 Å². The summed E-state index contributed by atoms with van der Waals surface area (Å²) in [6.07, 6.45) is 0.989. The maximum Gasteiger partial charge on any atom is 0.271 e. The third-order valence-electron chi connectivity index (χ3n) is 3.41. The summed E-state index contributed by atoms with van der Waals surface area (Å²) in [4.78, 5) is 23.9. The molecule has 1 N–H and O–H groups in total. The second-order valence-electron chi connectivity index (χ2n) is 4.68. The first-order valence-electron chi connectivity index (χ1n) is 6.25. The lowest BCUT2D eigenvalue weighted by Crippen LogP contribution is -2.26. The summed E-state index contributed by atoms with van der Waals surface area (Å²) in [5.74, 6) is -0.175. The number of carbonyl (C=O) groups excluding carboxylic acids is 1. The molecule has 6 heteroatoms. The van der Waals surface area contributed by atoms with E-state index in [0.717, 1.165) is 5.56 Å². The second kappa shape index (κ2) is 5.36. The van der Waals surface area contributed by atoms with Crippen molar-refractivity contribution in [1.29, 1.82) is 0 Å². The van der Waals surface area contributed by atoms with Crippen LogP contribution in [0.1, 0.15) is 18.9 Å². The fourth-order valence-corrected chi connectivity index (χ4v) is 2.35. The molecule has 19 heavy (non-hydrogen) atoms. The van der Waals surface area contributed by atoms with Crippen molar-refractivity contribution in [2.75, 3.05) is 18.1 Å². The number of aryl methyl sites for hydroxylation is 1. The molecule has 1 saturated heterocycles. The van der Waals surface area contributed by atoms with Crippen molar-refractivity contribution in [3.05, 3.63) is 33.9 Å². The number of hydrogen-bond acceptors (Lipinski definition) is 4. The van der Waals surface area contributed by atoms with Gasteiger partial charge >= 0.3 is 0 Å². The molecule has 1 aliphatic rings. The van der Waals surface area contributed by atoms with Crippen molar-refractivity contribution in [1.82, 2.24) is 0 Å². The van der Waals surface area contributed by atoms with Crippen LogP contribution < -0.4 is 4.90 Å². The van der Waals surface area contributed by atoms with Crippen LogP contribution >= 0.6 is 0 Å². The van der Waals surface area contributed by atoms with Gasteiger partial charge in [0.15, 0.2) is 0 Å². The molecule has 0 aromatic heterocycles. The topological polar surface area (TPSA) is 83.7 Å². The van der Waals surface area contributed by atoms with Gasteiger partial charge in [-0.15, -0.1) is 0 Å². The zero-order valence-corrected chi connectivity index (χ0v) is 10.7. The molecule has 1 aliphatic heterocycles. The molecule has 1 unspecified atom stereocenters. The van der Waals surface area contributed by atoms with Gasteiger partial charge in [-0.3, -0.25) is 14.9 Å². The van der Waals surface area contributed by atoms with Crippen LogP contribution in [0.4, 0.5) is 11.4 Å². The maximum atomic E-state index is 11.9. The van der Waals surface area contributed by atoms with E-state index in [0.29, 0.717) is 25.1 Å². The Kier molecular flexibility index (Phi) is 3.80. The number of nitrogens with zero attached hydrogens (tertiary/aromatic N) is 2. The molecule has 1 heterocycles. The van der Waals surface area contributed by atoms with Gasteiger partial charge in [0.25, 0.3) is 5.69 Å². The summed E-state index contributed by atoms with van der Waals surface area (Å²) < 4.78 is 0. The molecule has 0 aliphatic carbocycles. The minimum absolute atomic E-state index is 0.0209. The first-order chi connectivity index (χ1) is 9.06. The third kappa shape index (κ3) is 2.58. The molecule has 0 spiro atoms. The number of anilines is 1. The van der Waals surface area contributed by atoms with Crippen LogP contribution in [0.2, 0.25) is 0 Å². The molecular weight excluding hydrogens is 248 g/mol. The van der Waals surface area contributed by atoms with Crippen molar-refractivity contribution in [2.45, 2.75) is 19.8 Å². The summed E-state index contributed by atoms with van der Waals surface area (Å²) in [6.45, 7) is 2.32. The zero-order chi connectivity index (χ0) is 14.0. The van der Waals surface area contributed by atoms with Crippen molar-refractivity contribution in [2.24, 2.45) is 5.92 Å². The summed E-state index contributed by atoms with van der Waals surface area (Å²) in [5, 5.41) is 20.0.